The van der Waals surface area contributed by atoms with Crippen LogP contribution in [-0.4, -0.2) is 76.0 Å². The van der Waals surface area contributed by atoms with Crippen LogP contribution in [0.2, 0.25) is 0 Å². The molecule has 2 fully saturated rings. The molecule has 2 aliphatic heterocycles. The number of amides is 1. The molecule has 3 heterocycles. The summed E-state index contributed by atoms with van der Waals surface area (Å²) in [6.45, 7) is 4.87. The highest BCUT2D eigenvalue weighted by atomic mass is 16.5. The molecule has 9 heteroatoms. The minimum atomic E-state index is -0.250. The molecule has 2 aliphatic rings. The lowest BCUT2D eigenvalue weighted by molar-refractivity contribution is -0.127. The van der Waals surface area contributed by atoms with Gasteiger partial charge < -0.3 is 20.1 Å². The summed E-state index contributed by atoms with van der Waals surface area (Å²) >= 11 is 0. The van der Waals surface area contributed by atoms with Crippen LogP contribution in [0.3, 0.4) is 0 Å². The van der Waals surface area contributed by atoms with Gasteiger partial charge in [0.25, 0.3) is 6.47 Å². The Morgan fingerprint density at radius 1 is 1.28 bits per heavy atom. The fourth-order valence-electron chi connectivity index (χ4n) is 3.36. The Labute approximate surface area is 147 Å². The van der Waals surface area contributed by atoms with Crippen molar-refractivity contribution in [3.63, 3.8) is 0 Å². The zero-order valence-electron chi connectivity index (χ0n) is 14.4. The molecule has 0 saturated carbocycles. The maximum Gasteiger partial charge on any atom is 0.290 e. The SMILES string of the molecule is O=C(NCCn1cncn1)C1CCN(C2CCOCC2)CC1.O=CO. The second kappa shape index (κ2) is 10.8. The topological polar surface area (TPSA) is 110 Å². The van der Waals surface area contributed by atoms with E-state index in [0.29, 0.717) is 19.1 Å². The molecule has 25 heavy (non-hydrogen) atoms. The molecule has 140 valence electrons. The Morgan fingerprint density at radius 3 is 2.56 bits per heavy atom. The van der Waals surface area contributed by atoms with Gasteiger partial charge in [-0.25, -0.2) is 4.98 Å². The van der Waals surface area contributed by atoms with Crippen molar-refractivity contribution in [2.24, 2.45) is 5.92 Å². The van der Waals surface area contributed by atoms with E-state index in [0.717, 1.165) is 52.0 Å². The second-order valence-electron chi connectivity index (χ2n) is 6.21. The van der Waals surface area contributed by atoms with Gasteiger partial charge in [0, 0.05) is 31.7 Å². The summed E-state index contributed by atoms with van der Waals surface area (Å²) in [5, 5.41) is 13.9. The number of hydrogen-bond donors (Lipinski definition) is 2. The van der Waals surface area contributed by atoms with Crippen molar-refractivity contribution in [2.75, 3.05) is 32.8 Å². The molecule has 9 nitrogen and oxygen atoms in total. The van der Waals surface area contributed by atoms with Gasteiger partial charge in [-0.05, 0) is 38.8 Å². The predicted molar refractivity (Wildman–Crippen MR) is 89.9 cm³/mol. The number of rotatable bonds is 5. The average Bonchev–Trinajstić information content (AvgIpc) is 3.17. The van der Waals surface area contributed by atoms with Crippen molar-refractivity contribution in [1.82, 2.24) is 25.0 Å². The number of nitrogens with zero attached hydrogens (tertiary/aromatic N) is 4. The van der Waals surface area contributed by atoms with Gasteiger partial charge in [0.1, 0.15) is 12.7 Å². The van der Waals surface area contributed by atoms with Crippen LogP contribution in [0, 0.1) is 5.92 Å². The monoisotopic (exact) mass is 353 g/mol. The fraction of sp³-hybridized carbons (Fsp3) is 0.750. The van der Waals surface area contributed by atoms with Crippen LogP contribution < -0.4 is 5.32 Å². The minimum Gasteiger partial charge on any atom is -0.483 e. The lowest BCUT2D eigenvalue weighted by Crippen LogP contribution is -2.46. The maximum absolute atomic E-state index is 12.2. The first-order chi connectivity index (χ1) is 12.2. The lowest BCUT2D eigenvalue weighted by atomic mass is 9.93. The smallest absolute Gasteiger partial charge is 0.290 e. The minimum absolute atomic E-state index is 0.159. The Kier molecular flexibility index (Phi) is 8.33. The molecule has 2 saturated heterocycles. The Morgan fingerprint density at radius 2 is 1.96 bits per heavy atom. The van der Waals surface area contributed by atoms with E-state index in [2.05, 4.69) is 20.3 Å². The van der Waals surface area contributed by atoms with E-state index < -0.39 is 0 Å². The van der Waals surface area contributed by atoms with E-state index in [-0.39, 0.29) is 18.3 Å². The van der Waals surface area contributed by atoms with Crippen LogP contribution in [0.4, 0.5) is 0 Å². The highest BCUT2D eigenvalue weighted by molar-refractivity contribution is 5.78. The third kappa shape index (κ3) is 6.43. The van der Waals surface area contributed by atoms with Gasteiger partial charge in [0.15, 0.2) is 0 Å². The average molecular weight is 353 g/mol. The van der Waals surface area contributed by atoms with Gasteiger partial charge in [0.05, 0.1) is 6.54 Å². The number of likely N-dealkylation sites (tertiary alicyclic amines) is 1. The molecule has 3 rings (SSSR count). The predicted octanol–water partition coefficient (Wildman–Crippen LogP) is -0.0139. The van der Waals surface area contributed by atoms with Crippen LogP contribution in [0.5, 0.6) is 0 Å². The van der Waals surface area contributed by atoms with Crippen LogP contribution in [0.25, 0.3) is 0 Å². The number of ether oxygens (including phenoxy) is 1. The molecule has 0 aromatic carbocycles. The fourth-order valence-corrected chi connectivity index (χ4v) is 3.36. The van der Waals surface area contributed by atoms with Gasteiger partial charge in [-0.15, -0.1) is 0 Å². The molecule has 1 aromatic heterocycles. The van der Waals surface area contributed by atoms with Crippen molar-refractivity contribution in [3.8, 4) is 0 Å². The Hall–Kier alpha value is -2.00. The first kappa shape index (κ1) is 19.3. The van der Waals surface area contributed by atoms with Gasteiger partial charge in [-0.2, -0.15) is 5.10 Å². The van der Waals surface area contributed by atoms with Crippen LogP contribution >= 0.6 is 0 Å². The lowest BCUT2D eigenvalue weighted by Gasteiger charge is -2.38. The molecule has 0 atom stereocenters. The number of carboxylic acid groups (broad SMARTS) is 1. The summed E-state index contributed by atoms with van der Waals surface area (Å²) in [6.07, 6.45) is 7.37. The zero-order valence-corrected chi connectivity index (χ0v) is 14.4. The largest absolute Gasteiger partial charge is 0.483 e. The van der Waals surface area contributed by atoms with Crippen LogP contribution in [0.1, 0.15) is 25.7 Å². The van der Waals surface area contributed by atoms with Crippen molar-refractivity contribution in [1.29, 1.82) is 0 Å². The van der Waals surface area contributed by atoms with Gasteiger partial charge in [0.2, 0.25) is 5.91 Å². The van der Waals surface area contributed by atoms with E-state index in [1.54, 1.807) is 11.0 Å². The second-order valence-corrected chi connectivity index (χ2v) is 6.21. The quantitative estimate of drug-likeness (QED) is 0.716. The van der Waals surface area contributed by atoms with E-state index in [1.807, 2.05) is 0 Å². The summed E-state index contributed by atoms with van der Waals surface area (Å²) in [4.78, 5) is 27.0. The molecule has 0 unspecified atom stereocenters. The number of aromatic nitrogens is 3. The van der Waals surface area contributed by atoms with Crippen molar-refractivity contribution in [3.05, 3.63) is 12.7 Å². The molecule has 1 aromatic rings. The van der Waals surface area contributed by atoms with E-state index in [4.69, 9.17) is 14.6 Å². The summed E-state index contributed by atoms with van der Waals surface area (Å²) < 4.78 is 7.15. The number of nitrogens with one attached hydrogen (secondary N) is 1. The van der Waals surface area contributed by atoms with Crippen LogP contribution in [0.15, 0.2) is 12.7 Å². The molecule has 0 aliphatic carbocycles. The van der Waals surface area contributed by atoms with E-state index in [1.165, 1.54) is 6.33 Å². The zero-order chi connectivity index (χ0) is 17.9. The van der Waals surface area contributed by atoms with Gasteiger partial charge in [-0.1, -0.05) is 0 Å². The first-order valence-corrected chi connectivity index (χ1v) is 8.74. The third-order valence-corrected chi connectivity index (χ3v) is 4.71. The first-order valence-electron chi connectivity index (χ1n) is 8.74. The van der Waals surface area contributed by atoms with Crippen LogP contribution in [-0.2, 0) is 20.9 Å². The Balaban J connectivity index is 0.000000701. The summed E-state index contributed by atoms with van der Waals surface area (Å²) in [7, 11) is 0. The molecule has 2 N–H and O–H groups in total. The normalized spacial score (nSPS) is 19.7. The van der Waals surface area contributed by atoms with Crippen molar-refractivity contribution >= 4 is 12.4 Å². The van der Waals surface area contributed by atoms with E-state index >= 15 is 0 Å². The molecular formula is C16H27N5O4. The van der Waals surface area contributed by atoms with E-state index in [9.17, 15) is 4.79 Å². The highest BCUT2D eigenvalue weighted by Gasteiger charge is 2.29. The third-order valence-electron chi connectivity index (χ3n) is 4.71. The highest BCUT2D eigenvalue weighted by Crippen LogP contribution is 2.23. The summed E-state index contributed by atoms with van der Waals surface area (Å²) in [5.74, 6) is 0.346. The molecule has 0 spiro atoms. The molecular weight excluding hydrogens is 326 g/mol. The number of carbonyl (C=O) groups is 2. The number of carbonyl (C=O) groups excluding carboxylic acids is 1. The maximum atomic E-state index is 12.2. The molecule has 0 bridgehead atoms. The summed E-state index contributed by atoms with van der Waals surface area (Å²) in [6, 6.07) is 0.657. The Bertz CT molecular complexity index is 497. The standard InChI is InChI=1S/C15H25N5O2.CH2O2/c21-15(17-5-8-20-12-16-11-18-20)13-1-6-19(7-2-13)14-3-9-22-10-4-14;2-1-3/h11-14H,1-10H2,(H,17,21);1H,(H,2,3). The van der Waals surface area contributed by atoms with Crippen molar-refractivity contribution < 1.29 is 19.4 Å². The van der Waals surface area contributed by atoms with Crippen molar-refractivity contribution in [2.45, 2.75) is 38.3 Å². The molecule has 1 amide bonds. The van der Waals surface area contributed by atoms with Gasteiger partial charge >= 0.3 is 0 Å². The number of piperidine rings is 1. The molecule has 0 radical (unpaired) electrons. The summed E-state index contributed by atoms with van der Waals surface area (Å²) in [5.41, 5.74) is 0. The van der Waals surface area contributed by atoms with Gasteiger partial charge in [-0.3, -0.25) is 14.3 Å². The number of hydrogen-bond acceptors (Lipinski definition) is 6.